The summed E-state index contributed by atoms with van der Waals surface area (Å²) in [6, 6.07) is 4.77. The predicted molar refractivity (Wildman–Crippen MR) is 66.5 cm³/mol. The number of benzene rings is 1. The van der Waals surface area contributed by atoms with E-state index in [-0.39, 0.29) is 18.5 Å². The maximum atomic E-state index is 11.8. The average molecular weight is 263 g/mol. The second-order valence-electron chi connectivity index (χ2n) is 4.04. The standard InChI is InChI=1S/C13H13NO5/c1-2-19-8-3-4-10-9(7-8)12(17)13(18)14(10)6-5-11(15)16/h3-4,7H,2,5-6H2,1H3,(H,15,16). The minimum atomic E-state index is -1.01. The molecule has 1 aromatic carbocycles. The topological polar surface area (TPSA) is 83.9 Å². The molecule has 6 nitrogen and oxygen atoms in total. The van der Waals surface area contributed by atoms with E-state index in [1.54, 1.807) is 12.1 Å². The van der Waals surface area contributed by atoms with Crippen LogP contribution in [0.25, 0.3) is 0 Å². The summed E-state index contributed by atoms with van der Waals surface area (Å²) in [5.74, 6) is -1.81. The van der Waals surface area contributed by atoms with E-state index in [2.05, 4.69) is 0 Å². The first-order chi connectivity index (χ1) is 9.04. The van der Waals surface area contributed by atoms with Crippen molar-refractivity contribution < 1.29 is 24.2 Å². The van der Waals surface area contributed by atoms with Crippen LogP contribution in [0.15, 0.2) is 18.2 Å². The van der Waals surface area contributed by atoms with Crippen LogP contribution in [-0.4, -0.2) is 35.9 Å². The lowest BCUT2D eigenvalue weighted by molar-refractivity contribution is -0.136. The number of aliphatic carboxylic acids is 1. The number of ketones is 1. The summed E-state index contributed by atoms with van der Waals surface area (Å²) in [6.45, 7) is 2.27. The molecule has 19 heavy (non-hydrogen) atoms. The number of carbonyl (C=O) groups excluding carboxylic acids is 2. The highest BCUT2D eigenvalue weighted by Crippen LogP contribution is 2.32. The first kappa shape index (κ1) is 13.1. The van der Waals surface area contributed by atoms with Gasteiger partial charge in [0.25, 0.3) is 11.7 Å². The van der Waals surface area contributed by atoms with Gasteiger partial charge in [0, 0.05) is 6.54 Å². The van der Waals surface area contributed by atoms with Crippen LogP contribution in [0, 0.1) is 0 Å². The van der Waals surface area contributed by atoms with Gasteiger partial charge in [0.1, 0.15) is 5.75 Å². The number of amides is 1. The molecule has 0 fully saturated rings. The van der Waals surface area contributed by atoms with Gasteiger partial charge in [-0.05, 0) is 25.1 Å². The van der Waals surface area contributed by atoms with E-state index in [1.165, 1.54) is 11.0 Å². The summed E-state index contributed by atoms with van der Waals surface area (Å²) in [5.41, 5.74) is 0.709. The molecular formula is C13H13NO5. The van der Waals surface area contributed by atoms with Gasteiger partial charge in [-0.25, -0.2) is 0 Å². The smallest absolute Gasteiger partial charge is 0.305 e. The van der Waals surface area contributed by atoms with Crippen molar-refractivity contribution in [1.82, 2.24) is 0 Å². The molecule has 0 atom stereocenters. The first-order valence-electron chi connectivity index (χ1n) is 5.89. The highest BCUT2D eigenvalue weighted by molar-refractivity contribution is 6.52. The fourth-order valence-corrected chi connectivity index (χ4v) is 1.97. The molecule has 2 rings (SSSR count). The maximum Gasteiger partial charge on any atom is 0.305 e. The Kier molecular flexibility index (Phi) is 3.50. The molecule has 6 heteroatoms. The Hall–Kier alpha value is -2.37. The number of rotatable bonds is 5. The van der Waals surface area contributed by atoms with Crippen LogP contribution in [-0.2, 0) is 9.59 Å². The molecule has 0 saturated heterocycles. The SMILES string of the molecule is CCOc1ccc2c(c1)C(=O)C(=O)N2CCC(=O)O. The summed E-state index contributed by atoms with van der Waals surface area (Å²) < 4.78 is 5.27. The van der Waals surface area contributed by atoms with Gasteiger partial charge in [-0.15, -0.1) is 0 Å². The summed E-state index contributed by atoms with van der Waals surface area (Å²) in [4.78, 5) is 35.3. The van der Waals surface area contributed by atoms with Crippen molar-refractivity contribution in [3.8, 4) is 5.75 Å². The molecule has 0 aliphatic carbocycles. The molecule has 0 spiro atoms. The zero-order valence-corrected chi connectivity index (χ0v) is 10.4. The van der Waals surface area contributed by atoms with Crippen molar-refractivity contribution in [3.05, 3.63) is 23.8 Å². The summed E-state index contributed by atoms with van der Waals surface area (Å²) >= 11 is 0. The molecule has 1 aliphatic heterocycles. The highest BCUT2D eigenvalue weighted by Gasteiger charge is 2.36. The number of Topliss-reactive ketones (excluding diaryl/α,β-unsaturated/α-hetero) is 1. The molecule has 100 valence electrons. The second kappa shape index (κ2) is 5.09. The number of hydrogen-bond donors (Lipinski definition) is 1. The molecule has 0 bridgehead atoms. The van der Waals surface area contributed by atoms with Crippen molar-refractivity contribution >= 4 is 23.3 Å². The van der Waals surface area contributed by atoms with Gasteiger partial charge in [-0.2, -0.15) is 0 Å². The van der Waals surface area contributed by atoms with E-state index in [1.807, 2.05) is 6.92 Å². The maximum absolute atomic E-state index is 11.8. The lowest BCUT2D eigenvalue weighted by Gasteiger charge is -2.15. The second-order valence-corrected chi connectivity index (χ2v) is 4.04. The summed E-state index contributed by atoms with van der Waals surface area (Å²) in [7, 11) is 0. The Morgan fingerprint density at radius 1 is 1.37 bits per heavy atom. The third-order valence-corrected chi connectivity index (χ3v) is 2.80. The Labute approximate surface area is 109 Å². The van der Waals surface area contributed by atoms with Gasteiger partial charge in [-0.1, -0.05) is 0 Å². The minimum absolute atomic E-state index is 0.0130. The van der Waals surface area contributed by atoms with Gasteiger partial charge in [-0.3, -0.25) is 14.4 Å². The lowest BCUT2D eigenvalue weighted by Crippen LogP contribution is -2.31. The van der Waals surface area contributed by atoms with Gasteiger partial charge < -0.3 is 14.7 Å². The Balaban J connectivity index is 2.30. The number of carboxylic acid groups (broad SMARTS) is 1. The molecule has 0 unspecified atom stereocenters. The monoisotopic (exact) mass is 263 g/mol. The normalized spacial score (nSPS) is 13.6. The number of hydrogen-bond acceptors (Lipinski definition) is 4. The predicted octanol–water partition coefficient (Wildman–Crippen LogP) is 1.09. The number of fused-ring (bicyclic) bond motifs is 1. The van der Waals surface area contributed by atoms with Crippen molar-refractivity contribution in [2.24, 2.45) is 0 Å². The largest absolute Gasteiger partial charge is 0.494 e. The lowest BCUT2D eigenvalue weighted by atomic mass is 10.1. The third kappa shape index (κ3) is 2.42. The number of carbonyl (C=O) groups is 3. The molecule has 1 aliphatic rings. The van der Waals surface area contributed by atoms with Crippen LogP contribution in [0.4, 0.5) is 5.69 Å². The van der Waals surface area contributed by atoms with Gasteiger partial charge in [0.2, 0.25) is 0 Å². The van der Waals surface area contributed by atoms with Crippen LogP contribution < -0.4 is 9.64 Å². The average Bonchev–Trinajstić information content (AvgIpc) is 2.61. The fourth-order valence-electron chi connectivity index (χ4n) is 1.97. The van der Waals surface area contributed by atoms with Crippen molar-refractivity contribution in [2.75, 3.05) is 18.1 Å². The van der Waals surface area contributed by atoms with Gasteiger partial charge in [0.15, 0.2) is 0 Å². The van der Waals surface area contributed by atoms with Crippen LogP contribution >= 0.6 is 0 Å². The highest BCUT2D eigenvalue weighted by atomic mass is 16.5. The quantitative estimate of drug-likeness (QED) is 0.804. The molecule has 1 heterocycles. The van der Waals surface area contributed by atoms with Crippen LogP contribution in [0.1, 0.15) is 23.7 Å². The third-order valence-electron chi connectivity index (χ3n) is 2.80. The summed E-state index contributed by atoms with van der Waals surface area (Å²) in [6.07, 6.45) is -0.203. The van der Waals surface area contributed by atoms with Crippen LogP contribution in [0.2, 0.25) is 0 Å². The van der Waals surface area contributed by atoms with E-state index < -0.39 is 17.7 Å². The number of nitrogens with zero attached hydrogens (tertiary/aromatic N) is 1. The van der Waals surface area contributed by atoms with E-state index in [9.17, 15) is 14.4 Å². The zero-order chi connectivity index (χ0) is 14.0. The van der Waals surface area contributed by atoms with Crippen molar-refractivity contribution in [1.29, 1.82) is 0 Å². The molecule has 0 saturated carbocycles. The first-order valence-corrected chi connectivity index (χ1v) is 5.89. The van der Waals surface area contributed by atoms with E-state index in [4.69, 9.17) is 9.84 Å². The van der Waals surface area contributed by atoms with Crippen molar-refractivity contribution in [3.63, 3.8) is 0 Å². The molecule has 0 radical (unpaired) electrons. The minimum Gasteiger partial charge on any atom is -0.494 e. The molecule has 1 amide bonds. The van der Waals surface area contributed by atoms with Gasteiger partial charge in [0.05, 0.1) is 24.3 Å². The van der Waals surface area contributed by atoms with Crippen LogP contribution in [0.5, 0.6) is 5.75 Å². The molecule has 1 aromatic rings. The molecule has 0 aromatic heterocycles. The van der Waals surface area contributed by atoms with E-state index in [0.717, 1.165) is 0 Å². The Bertz CT molecular complexity index is 552. The van der Waals surface area contributed by atoms with Crippen molar-refractivity contribution in [2.45, 2.75) is 13.3 Å². The fraction of sp³-hybridized carbons (Fsp3) is 0.308. The number of ether oxygens (including phenoxy) is 1. The van der Waals surface area contributed by atoms with E-state index >= 15 is 0 Å². The van der Waals surface area contributed by atoms with E-state index in [0.29, 0.717) is 18.0 Å². The van der Waals surface area contributed by atoms with Gasteiger partial charge >= 0.3 is 5.97 Å². The zero-order valence-electron chi connectivity index (χ0n) is 10.4. The summed E-state index contributed by atoms with van der Waals surface area (Å²) in [5, 5.41) is 8.65. The Morgan fingerprint density at radius 2 is 2.11 bits per heavy atom. The molecular weight excluding hydrogens is 250 g/mol. The Morgan fingerprint density at radius 3 is 2.74 bits per heavy atom. The molecule has 1 N–H and O–H groups in total. The number of carboxylic acids is 1. The van der Waals surface area contributed by atoms with Crippen LogP contribution in [0.3, 0.4) is 0 Å². The number of anilines is 1.